The fourth-order valence-electron chi connectivity index (χ4n) is 2.50. The number of ether oxygens (including phenoxy) is 2. The van der Waals surface area contributed by atoms with Crippen LogP contribution in [0.25, 0.3) is 5.57 Å². The minimum atomic E-state index is -0.476. The molecule has 0 atom stereocenters. The first kappa shape index (κ1) is 18.0. The van der Waals surface area contributed by atoms with Gasteiger partial charge in [-0.3, -0.25) is 4.79 Å². The van der Waals surface area contributed by atoms with Gasteiger partial charge in [0, 0.05) is 13.1 Å². The Morgan fingerprint density at radius 3 is 2.33 bits per heavy atom. The maximum Gasteiger partial charge on any atom is 0.410 e. The van der Waals surface area contributed by atoms with Crippen molar-refractivity contribution in [3.05, 3.63) is 41.5 Å². The molecule has 0 saturated heterocycles. The van der Waals surface area contributed by atoms with Crippen LogP contribution in [0.4, 0.5) is 4.79 Å². The van der Waals surface area contributed by atoms with Crippen LogP contribution in [0.2, 0.25) is 0 Å². The SMILES string of the molecule is COC(=O)Cc1ccc(C2=CCN(C(=O)OC(C)(C)C)CC2)cc1. The molecule has 1 aliphatic rings. The second kappa shape index (κ2) is 7.51. The van der Waals surface area contributed by atoms with Gasteiger partial charge < -0.3 is 14.4 Å². The molecule has 0 spiro atoms. The molecule has 0 unspecified atom stereocenters. The molecule has 0 fully saturated rings. The van der Waals surface area contributed by atoms with E-state index >= 15 is 0 Å². The van der Waals surface area contributed by atoms with E-state index in [1.54, 1.807) is 4.90 Å². The molecular weight excluding hydrogens is 306 g/mol. The average Bonchev–Trinajstić information content (AvgIpc) is 2.54. The Morgan fingerprint density at radius 1 is 1.17 bits per heavy atom. The van der Waals surface area contributed by atoms with Crippen LogP contribution in [0, 0.1) is 0 Å². The van der Waals surface area contributed by atoms with Crippen LogP contribution in [0.15, 0.2) is 30.3 Å². The highest BCUT2D eigenvalue weighted by atomic mass is 16.6. The van der Waals surface area contributed by atoms with Gasteiger partial charge in [0.15, 0.2) is 0 Å². The molecule has 5 heteroatoms. The zero-order chi connectivity index (χ0) is 17.7. The number of nitrogens with zero attached hydrogens (tertiary/aromatic N) is 1. The standard InChI is InChI=1S/C19H25NO4/c1-19(2,3)24-18(22)20-11-9-16(10-12-20)15-7-5-14(6-8-15)13-17(21)23-4/h5-9H,10-13H2,1-4H3. The smallest absolute Gasteiger partial charge is 0.410 e. The number of methoxy groups -OCH3 is 1. The predicted molar refractivity (Wildman–Crippen MR) is 92.6 cm³/mol. The minimum Gasteiger partial charge on any atom is -0.469 e. The third-order valence-corrected chi connectivity index (χ3v) is 3.76. The number of amides is 1. The molecular formula is C19H25NO4. The quantitative estimate of drug-likeness (QED) is 0.796. The van der Waals surface area contributed by atoms with Crippen LogP contribution < -0.4 is 0 Å². The number of benzene rings is 1. The summed E-state index contributed by atoms with van der Waals surface area (Å²) in [7, 11) is 1.39. The van der Waals surface area contributed by atoms with E-state index in [9.17, 15) is 9.59 Å². The predicted octanol–water partition coefficient (Wildman–Crippen LogP) is 3.43. The van der Waals surface area contributed by atoms with Gasteiger partial charge in [0.05, 0.1) is 13.5 Å². The van der Waals surface area contributed by atoms with Gasteiger partial charge in [-0.1, -0.05) is 30.3 Å². The highest BCUT2D eigenvalue weighted by Gasteiger charge is 2.23. The van der Waals surface area contributed by atoms with E-state index in [0.717, 1.165) is 17.5 Å². The highest BCUT2D eigenvalue weighted by Crippen LogP contribution is 2.24. The molecule has 1 amide bonds. The molecule has 0 N–H and O–H groups in total. The maximum atomic E-state index is 12.1. The third kappa shape index (κ3) is 5.11. The largest absolute Gasteiger partial charge is 0.469 e. The van der Waals surface area contributed by atoms with Crippen LogP contribution in [-0.4, -0.2) is 42.8 Å². The molecule has 130 valence electrons. The first-order valence-corrected chi connectivity index (χ1v) is 8.11. The van der Waals surface area contributed by atoms with Gasteiger partial charge in [0.2, 0.25) is 0 Å². The zero-order valence-electron chi connectivity index (χ0n) is 14.8. The van der Waals surface area contributed by atoms with E-state index in [1.807, 2.05) is 45.0 Å². The molecule has 5 nitrogen and oxygen atoms in total. The summed E-state index contributed by atoms with van der Waals surface area (Å²) in [5, 5.41) is 0. The van der Waals surface area contributed by atoms with Crippen molar-refractivity contribution in [2.75, 3.05) is 20.2 Å². The number of rotatable bonds is 3. The molecule has 0 saturated carbocycles. The summed E-state index contributed by atoms with van der Waals surface area (Å²) in [4.78, 5) is 25.1. The molecule has 0 aromatic heterocycles. The lowest BCUT2D eigenvalue weighted by molar-refractivity contribution is -0.139. The van der Waals surface area contributed by atoms with Crippen molar-refractivity contribution in [3.63, 3.8) is 0 Å². The highest BCUT2D eigenvalue weighted by molar-refractivity contribution is 5.74. The van der Waals surface area contributed by atoms with Crippen molar-refractivity contribution >= 4 is 17.6 Å². The van der Waals surface area contributed by atoms with Gasteiger partial charge in [0.1, 0.15) is 5.60 Å². The molecule has 0 radical (unpaired) electrons. The van der Waals surface area contributed by atoms with Crippen LogP contribution in [-0.2, 0) is 20.7 Å². The Hall–Kier alpha value is -2.30. The second-order valence-corrected chi connectivity index (χ2v) is 6.86. The minimum absolute atomic E-state index is 0.243. The molecule has 24 heavy (non-hydrogen) atoms. The molecule has 1 aliphatic heterocycles. The number of carbonyl (C=O) groups is 2. The van der Waals surface area contributed by atoms with Crippen molar-refractivity contribution in [2.45, 2.75) is 39.2 Å². The molecule has 2 rings (SSSR count). The van der Waals surface area contributed by atoms with Crippen molar-refractivity contribution < 1.29 is 19.1 Å². The van der Waals surface area contributed by atoms with Crippen LogP contribution in [0.3, 0.4) is 0 Å². The Kier molecular flexibility index (Phi) is 5.65. The number of carbonyl (C=O) groups excluding carboxylic acids is 2. The van der Waals surface area contributed by atoms with Crippen molar-refractivity contribution in [1.82, 2.24) is 4.90 Å². The average molecular weight is 331 g/mol. The van der Waals surface area contributed by atoms with Crippen molar-refractivity contribution in [2.24, 2.45) is 0 Å². The number of hydrogen-bond donors (Lipinski definition) is 0. The fourth-order valence-corrected chi connectivity index (χ4v) is 2.50. The summed E-state index contributed by atoms with van der Waals surface area (Å²) >= 11 is 0. The molecule has 0 aliphatic carbocycles. The summed E-state index contributed by atoms with van der Waals surface area (Å²) in [5.74, 6) is -0.243. The number of esters is 1. The summed E-state index contributed by atoms with van der Waals surface area (Å²) in [5.41, 5.74) is 2.78. The van der Waals surface area contributed by atoms with E-state index in [2.05, 4.69) is 10.8 Å². The lowest BCUT2D eigenvalue weighted by atomic mass is 9.98. The third-order valence-electron chi connectivity index (χ3n) is 3.76. The van der Waals surface area contributed by atoms with Gasteiger partial charge >= 0.3 is 12.1 Å². The molecule has 1 aromatic rings. The molecule has 0 bridgehead atoms. The summed E-state index contributed by atoms with van der Waals surface area (Å²) in [6.07, 6.45) is 2.85. The topological polar surface area (TPSA) is 55.8 Å². The molecule has 1 heterocycles. The van der Waals surface area contributed by atoms with E-state index in [0.29, 0.717) is 13.1 Å². The van der Waals surface area contributed by atoms with Gasteiger partial charge in [-0.2, -0.15) is 0 Å². The summed E-state index contributed by atoms with van der Waals surface area (Å²) in [6.45, 7) is 6.79. The first-order chi connectivity index (χ1) is 11.3. The van der Waals surface area contributed by atoms with E-state index < -0.39 is 5.60 Å². The Morgan fingerprint density at radius 2 is 1.83 bits per heavy atom. The van der Waals surface area contributed by atoms with Crippen molar-refractivity contribution in [1.29, 1.82) is 0 Å². The second-order valence-electron chi connectivity index (χ2n) is 6.86. The van der Waals surface area contributed by atoms with E-state index in [-0.39, 0.29) is 18.5 Å². The van der Waals surface area contributed by atoms with Gasteiger partial charge in [-0.15, -0.1) is 0 Å². The van der Waals surface area contributed by atoms with Crippen LogP contribution in [0.1, 0.15) is 38.3 Å². The zero-order valence-corrected chi connectivity index (χ0v) is 14.8. The first-order valence-electron chi connectivity index (χ1n) is 8.11. The van der Waals surface area contributed by atoms with Gasteiger partial charge in [-0.05, 0) is 43.9 Å². The Balaban J connectivity index is 1.97. The Labute approximate surface area is 143 Å². The lowest BCUT2D eigenvalue weighted by Crippen LogP contribution is -2.39. The van der Waals surface area contributed by atoms with Crippen LogP contribution in [0.5, 0.6) is 0 Å². The van der Waals surface area contributed by atoms with Crippen LogP contribution >= 0.6 is 0 Å². The van der Waals surface area contributed by atoms with Gasteiger partial charge in [0.25, 0.3) is 0 Å². The lowest BCUT2D eigenvalue weighted by Gasteiger charge is -2.29. The van der Waals surface area contributed by atoms with E-state index in [1.165, 1.54) is 12.7 Å². The summed E-state index contributed by atoms with van der Waals surface area (Å²) in [6, 6.07) is 7.89. The molecule has 1 aromatic carbocycles. The van der Waals surface area contributed by atoms with Crippen molar-refractivity contribution in [3.8, 4) is 0 Å². The van der Waals surface area contributed by atoms with E-state index in [4.69, 9.17) is 4.74 Å². The summed E-state index contributed by atoms with van der Waals surface area (Å²) < 4.78 is 10.1. The van der Waals surface area contributed by atoms with Gasteiger partial charge in [-0.25, -0.2) is 4.79 Å². The maximum absolute atomic E-state index is 12.1. The Bertz CT molecular complexity index is 626. The fraction of sp³-hybridized carbons (Fsp3) is 0.474. The monoisotopic (exact) mass is 331 g/mol. The normalized spacial score (nSPS) is 14.8. The number of hydrogen-bond acceptors (Lipinski definition) is 4.